The van der Waals surface area contributed by atoms with Crippen LogP contribution in [0.1, 0.15) is 11.4 Å². The molecule has 3 rings (SSSR count). The molecule has 1 N–H and O–H groups in total. The van der Waals surface area contributed by atoms with Gasteiger partial charge in [-0.05, 0) is 42.0 Å². The normalized spacial score (nSPS) is 10.6. The van der Waals surface area contributed by atoms with Crippen molar-refractivity contribution in [1.29, 1.82) is 0 Å². The fraction of sp³-hybridized carbons (Fsp3) is 0.190. The Balaban J connectivity index is 1.54. The summed E-state index contributed by atoms with van der Waals surface area (Å²) in [7, 11) is 0. The van der Waals surface area contributed by atoms with Crippen LogP contribution in [0.2, 0.25) is 5.02 Å². The number of halogens is 2. The monoisotopic (exact) mass is 446 g/mol. The first kappa shape index (κ1) is 21.9. The first-order chi connectivity index (χ1) is 14.5. The highest BCUT2D eigenvalue weighted by molar-refractivity contribution is 7.99. The topological polar surface area (TPSA) is 69.0 Å². The van der Waals surface area contributed by atoms with E-state index in [1.165, 1.54) is 23.9 Å². The molecular formula is C21H20ClFN4O2S. The zero-order chi connectivity index (χ0) is 21.3. The van der Waals surface area contributed by atoms with Gasteiger partial charge in [-0.1, -0.05) is 41.6 Å². The molecule has 2 aromatic carbocycles. The number of hydrogen-bond acceptors (Lipinski definition) is 5. The van der Waals surface area contributed by atoms with Gasteiger partial charge in [0.25, 0.3) is 0 Å². The molecule has 0 unspecified atom stereocenters. The van der Waals surface area contributed by atoms with E-state index in [2.05, 4.69) is 22.1 Å². The number of nitrogens with one attached hydrogen (secondary N) is 1. The molecule has 0 aliphatic heterocycles. The van der Waals surface area contributed by atoms with Gasteiger partial charge in [0.1, 0.15) is 18.2 Å². The summed E-state index contributed by atoms with van der Waals surface area (Å²) < 4.78 is 20.5. The van der Waals surface area contributed by atoms with E-state index in [9.17, 15) is 9.18 Å². The summed E-state index contributed by atoms with van der Waals surface area (Å²) in [6.07, 6.45) is 1.73. The number of thioether (sulfide) groups is 1. The number of carbonyl (C=O) groups is 1. The van der Waals surface area contributed by atoms with Crippen LogP contribution in [0, 0.1) is 5.82 Å². The first-order valence-electron chi connectivity index (χ1n) is 9.10. The minimum atomic E-state index is -0.307. The van der Waals surface area contributed by atoms with Gasteiger partial charge < -0.3 is 10.1 Å². The summed E-state index contributed by atoms with van der Waals surface area (Å²) in [6, 6.07) is 13.0. The number of aromatic nitrogens is 3. The summed E-state index contributed by atoms with van der Waals surface area (Å²) in [5.74, 6) is 1.00. The SMILES string of the molecule is C=CCn1c(COc2ccc(Cl)cc2)nnc1SCC(=O)NCc1ccc(F)cc1. The lowest BCUT2D eigenvalue weighted by Crippen LogP contribution is -2.24. The molecule has 9 heteroatoms. The molecule has 3 aromatic rings. The Morgan fingerprint density at radius 1 is 1.20 bits per heavy atom. The molecule has 0 bridgehead atoms. The van der Waals surface area contributed by atoms with Crippen molar-refractivity contribution in [3.63, 3.8) is 0 Å². The second-order valence-electron chi connectivity index (χ2n) is 6.23. The maximum Gasteiger partial charge on any atom is 0.230 e. The number of hydrogen-bond donors (Lipinski definition) is 1. The molecule has 0 aliphatic carbocycles. The molecule has 0 fully saturated rings. The van der Waals surface area contributed by atoms with Crippen LogP contribution < -0.4 is 10.1 Å². The molecule has 0 spiro atoms. The molecule has 0 saturated heterocycles. The van der Waals surface area contributed by atoms with Gasteiger partial charge in [-0.25, -0.2) is 4.39 Å². The van der Waals surface area contributed by atoms with Gasteiger partial charge in [-0.2, -0.15) is 0 Å². The van der Waals surface area contributed by atoms with Gasteiger partial charge in [0.15, 0.2) is 11.0 Å². The van der Waals surface area contributed by atoms with Crippen molar-refractivity contribution in [2.45, 2.75) is 24.9 Å². The number of allylic oxidation sites excluding steroid dienone is 1. The van der Waals surface area contributed by atoms with Crippen LogP contribution in [0.15, 0.2) is 66.3 Å². The molecule has 156 valence electrons. The van der Waals surface area contributed by atoms with Gasteiger partial charge in [-0.15, -0.1) is 16.8 Å². The zero-order valence-electron chi connectivity index (χ0n) is 16.1. The average molecular weight is 447 g/mol. The smallest absolute Gasteiger partial charge is 0.230 e. The van der Waals surface area contributed by atoms with Crippen LogP contribution in [-0.4, -0.2) is 26.4 Å². The summed E-state index contributed by atoms with van der Waals surface area (Å²) in [5, 5.41) is 12.4. The lowest BCUT2D eigenvalue weighted by atomic mass is 10.2. The molecule has 0 aliphatic rings. The van der Waals surface area contributed by atoms with Gasteiger partial charge in [0.2, 0.25) is 5.91 Å². The maximum atomic E-state index is 12.9. The van der Waals surface area contributed by atoms with Crippen LogP contribution in [0.3, 0.4) is 0 Å². The summed E-state index contributed by atoms with van der Waals surface area (Å²) in [5.41, 5.74) is 0.825. The van der Waals surface area contributed by atoms with E-state index in [-0.39, 0.29) is 24.1 Å². The van der Waals surface area contributed by atoms with Gasteiger partial charge in [-0.3, -0.25) is 9.36 Å². The van der Waals surface area contributed by atoms with Crippen molar-refractivity contribution < 1.29 is 13.9 Å². The molecule has 0 saturated carbocycles. The van der Waals surface area contributed by atoms with E-state index in [0.717, 1.165) is 5.56 Å². The van der Waals surface area contributed by atoms with E-state index >= 15 is 0 Å². The van der Waals surface area contributed by atoms with Gasteiger partial charge in [0, 0.05) is 18.1 Å². The highest BCUT2D eigenvalue weighted by Gasteiger charge is 2.14. The predicted octanol–water partition coefficient (Wildman–Crippen LogP) is 4.24. The largest absolute Gasteiger partial charge is 0.486 e. The van der Waals surface area contributed by atoms with Crippen molar-refractivity contribution in [2.75, 3.05) is 5.75 Å². The van der Waals surface area contributed by atoms with E-state index in [4.69, 9.17) is 16.3 Å². The molecule has 30 heavy (non-hydrogen) atoms. The molecule has 0 radical (unpaired) electrons. The molecule has 1 amide bonds. The fourth-order valence-corrected chi connectivity index (χ4v) is 3.43. The highest BCUT2D eigenvalue weighted by atomic mass is 35.5. The number of ether oxygens (including phenoxy) is 1. The van der Waals surface area contributed by atoms with E-state index in [0.29, 0.717) is 34.8 Å². The van der Waals surface area contributed by atoms with Crippen molar-refractivity contribution in [2.24, 2.45) is 0 Å². The predicted molar refractivity (Wildman–Crippen MR) is 115 cm³/mol. The Labute approximate surface area is 183 Å². The number of benzene rings is 2. The van der Waals surface area contributed by atoms with Crippen molar-refractivity contribution in [3.8, 4) is 5.75 Å². The maximum absolute atomic E-state index is 12.9. The number of carbonyl (C=O) groups excluding carboxylic acids is 1. The van der Waals surface area contributed by atoms with E-state index in [1.54, 1.807) is 42.5 Å². The molecule has 0 atom stereocenters. The minimum Gasteiger partial charge on any atom is -0.486 e. The molecule has 6 nitrogen and oxygen atoms in total. The molecule has 1 heterocycles. The third-order valence-electron chi connectivity index (χ3n) is 4.02. The van der Waals surface area contributed by atoms with Crippen molar-refractivity contribution >= 4 is 29.3 Å². The Bertz CT molecular complexity index is 993. The Morgan fingerprint density at radius 3 is 2.63 bits per heavy atom. The zero-order valence-corrected chi connectivity index (χ0v) is 17.6. The minimum absolute atomic E-state index is 0.156. The van der Waals surface area contributed by atoms with Crippen molar-refractivity contribution in [1.82, 2.24) is 20.1 Å². The number of amides is 1. The summed E-state index contributed by atoms with van der Waals surface area (Å²) >= 11 is 7.15. The van der Waals surface area contributed by atoms with E-state index < -0.39 is 0 Å². The standard InChI is InChI=1S/C21H20ClFN4O2S/c1-2-11-27-19(13-29-18-9-5-16(22)6-10-18)25-26-21(27)30-14-20(28)24-12-15-3-7-17(23)8-4-15/h2-10H,1,11-14H2,(H,24,28). The molecular weight excluding hydrogens is 427 g/mol. The van der Waals surface area contributed by atoms with Gasteiger partial charge in [0.05, 0.1) is 5.75 Å². The fourth-order valence-electron chi connectivity index (χ4n) is 2.51. The van der Waals surface area contributed by atoms with Crippen LogP contribution in [-0.2, 0) is 24.5 Å². The lowest BCUT2D eigenvalue weighted by Gasteiger charge is -2.09. The van der Waals surface area contributed by atoms with Gasteiger partial charge >= 0.3 is 0 Å². The average Bonchev–Trinajstić information content (AvgIpc) is 3.13. The second kappa shape index (κ2) is 10.8. The Hall–Kier alpha value is -2.84. The summed E-state index contributed by atoms with van der Waals surface area (Å²) in [4.78, 5) is 12.2. The second-order valence-corrected chi connectivity index (χ2v) is 7.61. The first-order valence-corrected chi connectivity index (χ1v) is 10.5. The quantitative estimate of drug-likeness (QED) is 0.372. The van der Waals surface area contributed by atoms with E-state index in [1.807, 2.05) is 4.57 Å². The van der Waals surface area contributed by atoms with Crippen LogP contribution in [0.25, 0.3) is 0 Å². The van der Waals surface area contributed by atoms with Crippen LogP contribution in [0.5, 0.6) is 5.75 Å². The Kier molecular flexibility index (Phi) is 7.87. The third-order valence-corrected chi connectivity index (χ3v) is 5.24. The lowest BCUT2D eigenvalue weighted by molar-refractivity contribution is -0.118. The number of rotatable bonds is 10. The third kappa shape index (κ3) is 6.33. The van der Waals surface area contributed by atoms with Crippen molar-refractivity contribution in [3.05, 3.63) is 83.4 Å². The Morgan fingerprint density at radius 2 is 1.93 bits per heavy atom. The van der Waals surface area contributed by atoms with Crippen LogP contribution in [0.4, 0.5) is 4.39 Å². The molecule has 1 aromatic heterocycles. The van der Waals surface area contributed by atoms with Crippen LogP contribution >= 0.6 is 23.4 Å². The number of nitrogens with zero attached hydrogens (tertiary/aromatic N) is 3. The highest BCUT2D eigenvalue weighted by Crippen LogP contribution is 2.20. The summed E-state index contributed by atoms with van der Waals surface area (Å²) in [6.45, 7) is 4.81.